The van der Waals surface area contributed by atoms with Gasteiger partial charge in [-0.3, -0.25) is 4.79 Å². The van der Waals surface area contributed by atoms with Crippen LogP contribution in [0.5, 0.6) is 0 Å². The van der Waals surface area contributed by atoms with Crippen molar-refractivity contribution in [3.8, 4) is 0 Å². The maximum atomic E-state index is 13.6. The first-order valence-electron chi connectivity index (χ1n) is 12.0. The molecule has 4 saturated carbocycles. The Balaban J connectivity index is 1.25. The first-order valence-corrected chi connectivity index (χ1v) is 13.4. The average Bonchev–Trinajstić information content (AvgIpc) is 2.72. The number of hydrogen-bond donors (Lipinski definition) is 0. The van der Waals surface area contributed by atoms with Crippen LogP contribution in [0.15, 0.2) is 29.2 Å². The van der Waals surface area contributed by atoms with Gasteiger partial charge in [0.2, 0.25) is 15.9 Å². The van der Waals surface area contributed by atoms with Gasteiger partial charge < -0.3 is 4.90 Å². The third-order valence-electron chi connectivity index (χ3n) is 8.38. The Morgan fingerprint density at radius 2 is 1.35 bits per heavy atom. The van der Waals surface area contributed by atoms with Crippen molar-refractivity contribution in [1.82, 2.24) is 9.21 Å². The van der Waals surface area contributed by atoms with Crippen LogP contribution in [0, 0.1) is 23.2 Å². The summed E-state index contributed by atoms with van der Waals surface area (Å²) >= 11 is 0. The van der Waals surface area contributed by atoms with Gasteiger partial charge in [0.25, 0.3) is 0 Å². The molecule has 0 atom stereocenters. The molecule has 170 valence electrons. The van der Waals surface area contributed by atoms with Gasteiger partial charge >= 0.3 is 0 Å². The fourth-order valence-corrected chi connectivity index (χ4v) is 8.54. The molecular weight excluding hydrogens is 408 g/mol. The molecule has 5 aliphatic rings. The normalized spacial score (nSPS) is 33.6. The van der Waals surface area contributed by atoms with E-state index in [1.807, 2.05) is 17.0 Å². The largest absolute Gasteiger partial charge is 0.340 e. The van der Waals surface area contributed by atoms with E-state index >= 15 is 0 Å². The van der Waals surface area contributed by atoms with Crippen molar-refractivity contribution in [1.29, 1.82) is 0 Å². The van der Waals surface area contributed by atoms with Crippen LogP contribution in [0.3, 0.4) is 0 Å². The molecule has 1 aromatic rings. The van der Waals surface area contributed by atoms with Crippen molar-refractivity contribution in [3.63, 3.8) is 0 Å². The summed E-state index contributed by atoms with van der Waals surface area (Å²) in [5.74, 6) is 2.55. The number of hydrogen-bond acceptors (Lipinski definition) is 3. The van der Waals surface area contributed by atoms with E-state index in [2.05, 4.69) is 20.8 Å². The lowest BCUT2D eigenvalue weighted by Crippen LogP contribution is -2.58. The van der Waals surface area contributed by atoms with E-state index < -0.39 is 10.0 Å². The van der Waals surface area contributed by atoms with Crippen LogP contribution in [0.25, 0.3) is 0 Å². The second-order valence-corrected chi connectivity index (χ2v) is 13.6. The highest BCUT2D eigenvalue weighted by atomic mass is 32.2. The first kappa shape index (κ1) is 21.4. The molecular formula is C25H36N2O3S. The smallest absolute Gasteiger partial charge is 0.243 e. The van der Waals surface area contributed by atoms with Crippen LogP contribution in [0.2, 0.25) is 0 Å². The molecule has 1 heterocycles. The van der Waals surface area contributed by atoms with Crippen molar-refractivity contribution in [2.24, 2.45) is 23.2 Å². The van der Waals surface area contributed by atoms with Gasteiger partial charge in [-0.05, 0) is 79.4 Å². The van der Waals surface area contributed by atoms with Crippen molar-refractivity contribution in [2.45, 2.75) is 69.6 Å². The Bertz CT molecular complexity index is 918. The molecule has 5 nitrogen and oxygen atoms in total. The second kappa shape index (κ2) is 7.31. The van der Waals surface area contributed by atoms with Crippen molar-refractivity contribution in [2.75, 3.05) is 26.2 Å². The maximum Gasteiger partial charge on any atom is 0.243 e. The summed E-state index contributed by atoms with van der Waals surface area (Å²) in [7, 11) is -3.52. The standard InChI is InChI=1S/C25H36N2O3S/c1-24(2,3)21-4-6-22(7-5-21)31(29,30)27-10-8-26(9-11-27)23(28)25-15-18-12-19(16-25)14-20(13-18)17-25/h4-7,18-20H,8-17H2,1-3H3. The number of benzene rings is 1. The monoisotopic (exact) mass is 444 g/mol. The lowest BCUT2D eigenvalue weighted by Gasteiger charge is -2.57. The highest BCUT2D eigenvalue weighted by Gasteiger charge is 2.55. The molecule has 4 bridgehead atoms. The Hall–Kier alpha value is -1.40. The van der Waals surface area contributed by atoms with Gasteiger partial charge in [-0.2, -0.15) is 4.31 Å². The van der Waals surface area contributed by atoms with Crippen molar-refractivity contribution < 1.29 is 13.2 Å². The molecule has 1 saturated heterocycles. The van der Waals surface area contributed by atoms with E-state index in [1.54, 1.807) is 16.4 Å². The summed E-state index contributed by atoms with van der Waals surface area (Å²) in [5, 5.41) is 0. The molecule has 4 aliphatic carbocycles. The van der Waals surface area contributed by atoms with Crippen molar-refractivity contribution in [3.05, 3.63) is 29.8 Å². The lowest BCUT2D eigenvalue weighted by atomic mass is 9.49. The number of piperazine rings is 1. The minimum Gasteiger partial charge on any atom is -0.340 e. The van der Waals surface area contributed by atoms with E-state index in [-0.39, 0.29) is 10.8 Å². The third kappa shape index (κ3) is 3.74. The highest BCUT2D eigenvalue weighted by molar-refractivity contribution is 7.89. The topological polar surface area (TPSA) is 57.7 Å². The molecule has 0 unspecified atom stereocenters. The van der Waals surface area contributed by atoms with Crippen LogP contribution in [0.4, 0.5) is 0 Å². The minimum absolute atomic E-state index is 0.00840. The molecule has 6 rings (SSSR count). The molecule has 1 aliphatic heterocycles. The molecule has 31 heavy (non-hydrogen) atoms. The molecule has 0 radical (unpaired) electrons. The number of nitrogens with zero attached hydrogens (tertiary/aromatic N) is 2. The van der Waals surface area contributed by atoms with E-state index in [0.717, 1.165) is 42.6 Å². The van der Waals surface area contributed by atoms with E-state index in [4.69, 9.17) is 0 Å². The zero-order valence-corrected chi connectivity index (χ0v) is 20.0. The fraction of sp³-hybridized carbons (Fsp3) is 0.720. The van der Waals surface area contributed by atoms with Gasteiger partial charge in [-0.1, -0.05) is 32.9 Å². The number of carbonyl (C=O) groups is 1. The van der Waals surface area contributed by atoms with Gasteiger partial charge in [0.05, 0.1) is 10.3 Å². The summed E-state index contributed by atoms with van der Waals surface area (Å²) < 4.78 is 27.9. The van der Waals surface area contributed by atoms with Crippen LogP contribution < -0.4 is 0 Å². The van der Waals surface area contributed by atoms with Crippen LogP contribution >= 0.6 is 0 Å². The summed E-state index contributed by atoms with van der Waals surface area (Å²) in [6.45, 7) is 8.17. The van der Waals surface area contributed by atoms with Crippen LogP contribution in [-0.2, 0) is 20.2 Å². The Morgan fingerprint density at radius 3 is 1.81 bits per heavy atom. The van der Waals surface area contributed by atoms with Gasteiger partial charge in [0, 0.05) is 26.2 Å². The number of sulfonamides is 1. The van der Waals surface area contributed by atoms with E-state index in [1.165, 1.54) is 19.3 Å². The molecule has 1 aromatic carbocycles. The lowest BCUT2D eigenvalue weighted by molar-refractivity contribution is -0.158. The summed E-state index contributed by atoms with van der Waals surface area (Å²) in [4.78, 5) is 15.9. The molecule has 6 heteroatoms. The fourth-order valence-electron chi connectivity index (χ4n) is 7.12. The SMILES string of the molecule is CC(C)(C)c1ccc(S(=O)(=O)N2CCN(C(=O)C34CC5CC(CC(C5)C3)C4)CC2)cc1. The van der Waals surface area contributed by atoms with Crippen LogP contribution in [-0.4, -0.2) is 49.7 Å². The third-order valence-corrected chi connectivity index (χ3v) is 10.3. The molecule has 1 amide bonds. The summed E-state index contributed by atoms with van der Waals surface area (Å²) in [6, 6.07) is 7.28. The zero-order valence-electron chi connectivity index (χ0n) is 19.1. The predicted octanol–water partition coefficient (Wildman–Crippen LogP) is 4.03. The maximum absolute atomic E-state index is 13.6. The number of amides is 1. The Kier molecular flexibility index (Phi) is 5.06. The number of rotatable bonds is 3. The second-order valence-electron chi connectivity index (χ2n) is 11.7. The zero-order chi connectivity index (χ0) is 22.0. The molecule has 0 aromatic heterocycles. The van der Waals surface area contributed by atoms with Crippen LogP contribution in [0.1, 0.15) is 64.9 Å². The minimum atomic E-state index is -3.52. The Morgan fingerprint density at radius 1 is 0.871 bits per heavy atom. The van der Waals surface area contributed by atoms with Crippen molar-refractivity contribution >= 4 is 15.9 Å². The average molecular weight is 445 g/mol. The molecule has 0 N–H and O–H groups in total. The first-order chi connectivity index (χ1) is 14.6. The number of carbonyl (C=O) groups excluding carboxylic acids is 1. The Labute approximate surface area is 187 Å². The molecule has 5 fully saturated rings. The summed E-state index contributed by atoms with van der Waals surface area (Å²) in [6.07, 6.45) is 7.18. The van der Waals surface area contributed by atoms with Gasteiger partial charge in [-0.15, -0.1) is 0 Å². The molecule has 0 spiro atoms. The predicted molar refractivity (Wildman–Crippen MR) is 121 cm³/mol. The highest BCUT2D eigenvalue weighted by Crippen LogP contribution is 2.60. The van der Waals surface area contributed by atoms with Gasteiger partial charge in [0.1, 0.15) is 0 Å². The van der Waals surface area contributed by atoms with Gasteiger partial charge in [-0.25, -0.2) is 8.42 Å². The van der Waals surface area contributed by atoms with Gasteiger partial charge in [0.15, 0.2) is 0 Å². The van der Waals surface area contributed by atoms with E-state index in [0.29, 0.717) is 37.0 Å². The quantitative estimate of drug-likeness (QED) is 0.707. The van der Waals surface area contributed by atoms with E-state index in [9.17, 15) is 13.2 Å². The summed E-state index contributed by atoms with van der Waals surface area (Å²) in [5.41, 5.74) is 0.974.